The normalized spacial score (nSPS) is 17.9. The fourth-order valence-electron chi connectivity index (χ4n) is 3.78. The van der Waals surface area contributed by atoms with Crippen LogP contribution >= 0.6 is 0 Å². The molecule has 0 saturated carbocycles. The Kier molecular flexibility index (Phi) is 4.81. The van der Waals surface area contributed by atoms with Crippen molar-refractivity contribution in [1.29, 1.82) is 0 Å². The van der Waals surface area contributed by atoms with Gasteiger partial charge in [0.15, 0.2) is 0 Å². The van der Waals surface area contributed by atoms with Crippen molar-refractivity contribution in [3.05, 3.63) is 42.0 Å². The lowest BCUT2D eigenvalue weighted by molar-refractivity contribution is -0.132. The van der Waals surface area contributed by atoms with Crippen molar-refractivity contribution in [2.75, 3.05) is 26.2 Å². The number of amides is 4. The van der Waals surface area contributed by atoms with Crippen LogP contribution in [0.15, 0.2) is 30.5 Å². The SMILES string of the molecule is O=C1CN(CC(=O)N2CCC(c3[nH]ncc3-c3cccc(F)c3)CC2)C(=O)N1. The van der Waals surface area contributed by atoms with Crippen molar-refractivity contribution in [2.24, 2.45) is 0 Å². The van der Waals surface area contributed by atoms with Gasteiger partial charge in [0.2, 0.25) is 11.8 Å². The van der Waals surface area contributed by atoms with E-state index in [1.165, 1.54) is 17.0 Å². The van der Waals surface area contributed by atoms with Gasteiger partial charge in [0.25, 0.3) is 0 Å². The molecule has 0 atom stereocenters. The third kappa shape index (κ3) is 3.60. The molecular formula is C19H20FN5O3. The summed E-state index contributed by atoms with van der Waals surface area (Å²) in [7, 11) is 0. The van der Waals surface area contributed by atoms with Gasteiger partial charge in [-0.15, -0.1) is 0 Å². The number of carbonyl (C=O) groups is 3. The number of carbonyl (C=O) groups excluding carboxylic acids is 3. The van der Waals surface area contributed by atoms with E-state index in [2.05, 4.69) is 15.5 Å². The first-order valence-electron chi connectivity index (χ1n) is 9.17. The number of aromatic amines is 1. The van der Waals surface area contributed by atoms with E-state index >= 15 is 0 Å². The predicted molar refractivity (Wildman–Crippen MR) is 97.6 cm³/mol. The van der Waals surface area contributed by atoms with Gasteiger partial charge in [-0.3, -0.25) is 20.0 Å². The lowest BCUT2D eigenvalue weighted by atomic mass is 9.89. The molecule has 2 aliphatic rings. The minimum Gasteiger partial charge on any atom is -0.341 e. The second-order valence-corrected chi connectivity index (χ2v) is 7.07. The third-order valence-electron chi connectivity index (χ3n) is 5.25. The molecule has 2 aromatic rings. The maximum Gasteiger partial charge on any atom is 0.325 e. The number of hydrogen-bond donors (Lipinski definition) is 2. The number of urea groups is 1. The van der Waals surface area contributed by atoms with Crippen molar-refractivity contribution in [1.82, 2.24) is 25.3 Å². The number of imide groups is 1. The van der Waals surface area contributed by atoms with Crippen LogP contribution in [0.2, 0.25) is 0 Å². The average molecular weight is 385 g/mol. The van der Waals surface area contributed by atoms with Crippen LogP contribution in [0, 0.1) is 5.82 Å². The first kappa shape index (κ1) is 18.1. The summed E-state index contributed by atoms with van der Waals surface area (Å²) >= 11 is 0. The fourth-order valence-corrected chi connectivity index (χ4v) is 3.78. The van der Waals surface area contributed by atoms with E-state index in [0.717, 1.165) is 29.7 Å². The number of benzene rings is 1. The molecule has 0 aliphatic carbocycles. The smallest absolute Gasteiger partial charge is 0.325 e. The summed E-state index contributed by atoms with van der Waals surface area (Å²) in [5, 5.41) is 9.33. The quantitative estimate of drug-likeness (QED) is 0.779. The van der Waals surface area contributed by atoms with Crippen LogP contribution < -0.4 is 5.32 Å². The molecule has 1 aromatic heterocycles. The molecule has 8 nitrogen and oxygen atoms in total. The first-order valence-corrected chi connectivity index (χ1v) is 9.17. The standard InChI is InChI=1S/C19H20FN5O3/c20-14-3-1-2-13(8-14)15-9-21-23-18(15)12-4-6-24(7-5-12)17(27)11-25-10-16(26)22-19(25)28/h1-3,8-9,12H,4-7,10-11H2,(H,21,23)(H,22,26,28). The number of rotatable bonds is 4. The Morgan fingerprint density at radius 2 is 2.04 bits per heavy atom. The molecule has 2 aliphatic heterocycles. The van der Waals surface area contributed by atoms with Crippen LogP contribution in [0.3, 0.4) is 0 Å². The molecule has 2 saturated heterocycles. The summed E-state index contributed by atoms with van der Waals surface area (Å²) in [6, 6.07) is 5.88. The topological polar surface area (TPSA) is 98.4 Å². The number of hydrogen-bond acceptors (Lipinski definition) is 4. The number of H-pyrrole nitrogens is 1. The van der Waals surface area contributed by atoms with Crippen molar-refractivity contribution >= 4 is 17.8 Å². The zero-order valence-electron chi connectivity index (χ0n) is 15.2. The Morgan fingerprint density at radius 3 is 2.71 bits per heavy atom. The summed E-state index contributed by atoms with van der Waals surface area (Å²) in [4.78, 5) is 38.2. The third-order valence-corrected chi connectivity index (χ3v) is 5.25. The Bertz CT molecular complexity index is 920. The van der Waals surface area contributed by atoms with Gasteiger partial charge in [-0.1, -0.05) is 12.1 Å². The van der Waals surface area contributed by atoms with Crippen molar-refractivity contribution in [2.45, 2.75) is 18.8 Å². The van der Waals surface area contributed by atoms with E-state index < -0.39 is 6.03 Å². The van der Waals surface area contributed by atoms with Gasteiger partial charge in [0.05, 0.1) is 6.20 Å². The monoisotopic (exact) mass is 385 g/mol. The molecular weight excluding hydrogens is 365 g/mol. The Hall–Kier alpha value is -3.23. The van der Waals surface area contributed by atoms with Crippen molar-refractivity contribution < 1.29 is 18.8 Å². The van der Waals surface area contributed by atoms with Crippen LogP contribution in [0.5, 0.6) is 0 Å². The van der Waals surface area contributed by atoms with Gasteiger partial charge < -0.3 is 9.80 Å². The molecule has 0 bridgehead atoms. The summed E-state index contributed by atoms with van der Waals surface area (Å²) in [6.07, 6.45) is 3.17. The number of aromatic nitrogens is 2. The number of nitrogens with one attached hydrogen (secondary N) is 2. The highest BCUT2D eigenvalue weighted by Crippen LogP contribution is 2.34. The van der Waals surface area contributed by atoms with E-state index in [0.29, 0.717) is 13.1 Å². The molecule has 146 valence electrons. The molecule has 0 radical (unpaired) electrons. The number of halogens is 1. The van der Waals surface area contributed by atoms with Gasteiger partial charge in [-0.05, 0) is 30.5 Å². The largest absolute Gasteiger partial charge is 0.341 e. The van der Waals surface area contributed by atoms with E-state index in [4.69, 9.17) is 0 Å². The number of nitrogens with zero attached hydrogens (tertiary/aromatic N) is 3. The number of piperidine rings is 1. The van der Waals surface area contributed by atoms with Crippen LogP contribution in [0.1, 0.15) is 24.5 Å². The highest BCUT2D eigenvalue weighted by molar-refractivity contribution is 6.03. The average Bonchev–Trinajstić information content (AvgIpc) is 3.28. The zero-order chi connectivity index (χ0) is 19.7. The lowest BCUT2D eigenvalue weighted by Crippen LogP contribution is -2.44. The van der Waals surface area contributed by atoms with Gasteiger partial charge >= 0.3 is 6.03 Å². The molecule has 2 fully saturated rings. The highest BCUT2D eigenvalue weighted by atomic mass is 19.1. The van der Waals surface area contributed by atoms with Gasteiger partial charge in [-0.2, -0.15) is 5.10 Å². The van der Waals surface area contributed by atoms with Crippen molar-refractivity contribution in [3.8, 4) is 11.1 Å². The van der Waals surface area contributed by atoms with E-state index in [1.807, 2.05) is 6.07 Å². The molecule has 9 heteroatoms. The predicted octanol–water partition coefficient (Wildman–Crippen LogP) is 1.47. The lowest BCUT2D eigenvalue weighted by Gasteiger charge is -2.32. The Balaban J connectivity index is 1.39. The molecule has 4 rings (SSSR count). The highest BCUT2D eigenvalue weighted by Gasteiger charge is 2.32. The van der Waals surface area contributed by atoms with Gasteiger partial charge in [-0.25, -0.2) is 9.18 Å². The Labute approximate surface area is 160 Å². The summed E-state index contributed by atoms with van der Waals surface area (Å²) < 4.78 is 13.6. The molecule has 3 heterocycles. The molecule has 0 unspecified atom stereocenters. The fraction of sp³-hybridized carbons (Fsp3) is 0.368. The van der Waals surface area contributed by atoms with Gasteiger partial charge in [0.1, 0.15) is 18.9 Å². The molecule has 4 amide bonds. The van der Waals surface area contributed by atoms with Crippen molar-refractivity contribution in [3.63, 3.8) is 0 Å². The Morgan fingerprint density at radius 1 is 1.25 bits per heavy atom. The zero-order valence-corrected chi connectivity index (χ0v) is 15.2. The van der Waals surface area contributed by atoms with E-state index in [1.54, 1.807) is 17.2 Å². The van der Waals surface area contributed by atoms with E-state index in [-0.39, 0.29) is 36.6 Å². The van der Waals surface area contributed by atoms with Crippen LogP contribution in [0.25, 0.3) is 11.1 Å². The van der Waals surface area contributed by atoms with Crippen LogP contribution in [-0.4, -0.2) is 64.0 Å². The van der Waals surface area contributed by atoms with Gasteiger partial charge in [0, 0.05) is 30.3 Å². The molecule has 2 N–H and O–H groups in total. The minimum absolute atomic E-state index is 0.0772. The summed E-state index contributed by atoms with van der Waals surface area (Å²) in [5.41, 5.74) is 2.59. The summed E-state index contributed by atoms with van der Waals surface area (Å²) in [6.45, 7) is 0.927. The van der Waals surface area contributed by atoms with E-state index in [9.17, 15) is 18.8 Å². The molecule has 1 aromatic carbocycles. The first-order chi connectivity index (χ1) is 13.5. The number of likely N-dealkylation sites (tertiary alicyclic amines) is 1. The van der Waals surface area contributed by atoms with Crippen LogP contribution in [0.4, 0.5) is 9.18 Å². The van der Waals surface area contributed by atoms with Crippen LogP contribution in [-0.2, 0) is 9.59 Å². The molecule has 0 spiro atoms. The second-order valence-electron chi connectivity index (χ2n) is 7.07. The second kappa shape index (κ2) is 7.41. The minimum atomic E-state index is -0.523. The maximum atomic E-state index is 13.6. The summed E-state index contributed by atoms with van der Waals surface area (Å²) in [5.74, 6) is -0.671. The molecule has 28 heavy (non-hydrogen) atoms. The maximum absolute atomic E-state index is 13.6.